The van der Waals surface area contributed by atoms with E-state index >= 15 is 0 Å². The zero-order valence-electron chi connectivity index (χ0n) is 11.2. The predicted molar refractivity (Wildman–Crippen MR) is 76.3 cm³/mol. The number of sulfonamides is 1. The van der Waals surface area contributed by atoms with Crippen LogP contribution in [0.25, 0.3) is 0 Å². The molecule has 0 saturated heterocycles. The number of anilines is 1. The number of hydrogen-bond acceptors (Lipinski definition) is 4. The van der Waals surface area contributed by atoms with Crippen LogP contribution in [0, 0.1) is 5.82 Å². The molecule has 0 saturated carbocycles. The van der Waals surface area contributed by atoms with Crippen molar-refractivity contribution in [1.29, 1.82) is 0 Å². The molecule has 0 fully saturated rings. The molecule has 0 unspecified atom stereocenters. The molecular weight excluding hydrogens is 293 g/mol. The predicted octanol–water partition coefficient (Wildman–Crippen LogP) is 1.55. The molecular formula is C14H14FN3O2S. The largest absolute Gasteiger partial charge is 0.399 e. The normalized spacial score (nSPS) is 15.7. The van der Waals surface area contributed by atoms with Crippen molar-refractivity contribution in [1.82, 2.24) is 9.29 Å². The Morgan fingerprint density at radius 2 is 2.05 bits per heavy atom. The highest BCUT2D eigenvalue weighted by atomic mass is 32.2. The van der Waals surface area contributed by atoms with Crippen molar-refractivity contribution in [2.75, 3.05) is 12.3 Å². The topological polar surface area (TPSA) is 76.3 Å². The highest BCUT2D eigenvalue weighted by Crippen LogP contribution is 2.26. The number of aromatic nitrogens is 1. The molecule has 1 aliphatic heterocycles. The van der Waals surface area contributed by atoms with Gasteiger partial charge in [0.2, 0.25) is 5.03 Å². The van der Waals surface area contributed by atoms with E-state index in [1.807, 2.05) is 6.07 Å². The Kier molecular flexibility index (Phi) is 3.38. The van der Waals surface area contributed by atoms with Crippen LogP contribution in [-0.4, -0.2) is 24.3 Å². The third-order valence-corrected chi connectivity index (χ3v) is 5.30. The summed E-state index contributed by atoms with van der Waals surface area (Å²) in [5.74, 6) is -0.837. The maximum absolute atomic E-state index is 13.7. The number of hydrogen-bond donors (Lipinski definition) is 1. The fraction of sp³-hybridized carbons (Fsp3) is 0.214. The third kappa shape index (κ3) is 2.50. The third-order valence-electron chi connectivity index (χ3n) is 3.52. The molecule has 0 aliphatic carbocycles. The van der Waals surface area contributed by atoms with E-state index < -0.39 is 20.9 Å². The maximum atomic E-state index is 13.7. The molecule has 2 heterocycles. The van der Waals surface area contributed by atoms with Gasteiger partial charge in [0.25, 0.3) is 10.0 Å². The van der Waals surface area contributed by atoms with E-state index in [-0.39, 0.29) is 6.54 Å². The van der Waals surface area contributed by atoms with Gasteiger partial charge in [-0.1, -0.05) is 6.07 Å². The van der Waals surface area contributed by atoms with Crippen molar-refractivity contribution in [3.63, 3.8) is 0 Å². The van der Waals surface area contributed by atoms with Crippen LogP contribution in [0.2, 0.25) is 0 Å². The smallest absolute Gasteiger partial charge is 0.263 e. The number of nitrogens with two attached hydrogens (primary N) is 1. The van der Waals surface area contributed by atoms with E-state index in [1.165, 1.54) is 16.6 Å². The number of rotatable bonds is 2. The van der Waals surface area contributed by atoms with Crippen LogP contribution in [0.15, 0.2) is 41.6 Å². The minimum atomic E-state index is -3.94. The van der Waals surface area contributed by atoms with Crippen molar-refractivity contribution in [3.8, 4) is 0 Å². The number of halogens is 1. The lowest BCUT2D eigenvalue weighted by atomic mass is 10.0. The molecule has 0 atom stereocenters. The highest BCUT2D eigenvalue weighted by Gasteiger charge is 2.31. The van der Waals surface area contributed by atoms with Crippen molar-refractivity contribution in [3.05, 3.63) is 53.5 Å². The zero-order chi connectivity index (χ0) is 15.0. The summed E-state index contributed by atoms with van der Waals surface area (Å²) in [7, 11) is -3.94. The van der Waals surface area contributed by atoms with Crippen molar-refractivity contribution in [2.24, 2.45) is 0 Å². The van der Waals surface area contributed by atoms with Crippen LogP contribution < -0.4 is 5.73 Å². The summed E-state index contributed by atoms with van der Waals surface area (Å²) < 4.78 is 39.9. The average Bonchev–Trinajstić information content (AvgIpc) is 2.46. The number of benzene rings is 1. The first-order valence-electron chi connectivity index (χ1n) is 6.46. The van der Waals surface area contributed by atoms with Crippen molar-refractivity contribution in [2.45, 2.75) is 18.0 Å². The van der Waals surface area contributed by atoms with E-state index in [2.05, 4.69) is 4.98 Å². The number of nitrogens with zero attached hydrogens (tertiary/aromatic N) is 2. The van der Waals surface area contributed by atoms with Crippen LogP contribution in [0.4, 0.5) is 10.1 Å². The Morgan fingerprint density at radius 3 is 2.81 bits per heavy atom. The summed E-state index contributed by atoms with van der Waals surface area (Å²) in [6.45, 7) is 0.480. The average molecular weight is 307 g/mol. The summed E-state index contributed by atoms with van der Waals surface area (Å²) in [4.78, 5) is 3.67. The Bertz CT molecular complexity index is 793. The quantitative estimate of drug-likeness (QED) is 0.854. The first-order valence-corrected chi connectivity index (χ1v) is 7.90. The van der Waals surface area contributed by atoms with Gasteiger partial charge in [-0.25, -0.2) is 17.8 Å². The van der Waals surface area contributed by atoms with Crippen LogP contribution in [0.5, 0.6) is 0 Å². The minimum absolute atomic E-state index is 0.179. The first-order chi connectivity index (χ1) is 9.98. The van der Waals surface area contributed by atoms with Gasteiger partial charge < -0.3 is 5.73 Å². The summed E-state index contributed by atoms with van der Waals surface area (Å²) in [5.41, 5.74) is 8.23. The van der Waals surface area contributed by atoms with Gasteiger partial charge in [-0.05, 0) is 41.8 Å². The maximum Gasteiger partial charge on any atom is 0.263 e. The van der Waals surface area contributed by atoms with Crippen molar-refractivity contribution < 1.29 is 12.8 Å². The molecule has 0 spiro atoms. The second-order valence-corrected chi connectivity index (χ2v) is 6.76. The number of pyridine rings is 1. The standard InChI is InChI=1S/C14H14FN3O2S/c15-13-2-1-6-17-14(13)21(19,20)18-7-5-10-3-4-12(16)8-11(10)9-18/h1-4,6,8H,5,7,9,16H2. The fourth-order valence-electron chi connectivity index (χ4n) is 2.44. The van der Waals surface area contributed by atoms with Crippen LogP contribution in [0.3, 0.4) is 0 Å². The molecule has 1 aliphatic rings. The highest BCUT2D eigenvalue weighted by molar-refractivity contribution is 7.89. The monoisotopic (exact) mass is 307 g/mol. The van der Waals surface area contributed by atoms with Crippen molar-refractivity contribution >= 4 is 15.7 Å². The molecule has 7 heteroatoms. The Morgan fingerprint density at radius 1 is 1.24 bits per heavy atom. The van der Waals surface area contributed by atoms with Crippen LogP contribution >= 0.6 is 0 Å². The molecule has 2 N–H and O–H groups in total. The summed E-state index contributed by atoms with van der Waals surface area (Å²) in [6.07, 6.45) is 1.84. The van der Waals surface area contributed by atoms with Crippen LogP contribution in [-0.2, 0) is 23.0 Å². The molecule has 0 bridgehead atoms. The Balaban J connectivity index is 1.97. The van der Waals surface area contributed by atoms with Gasteiger partial charge >= 0.3 is 0 Å². The van der Waals surface area contributed by atoms with E-state index in [0.29, 0.717) is 18.7 Å². The molecule has 21 heavy (non-hydrogen) atoms. The van der Waals surface area contributed by atoms with Gasteiger partial charge in [-0.15, -0.1) is 0 Å². The van der Waals surface area contributed by atoms with E-state index in [9.17, 15) is 12.8 Å². The molecule has 0 amide bonds. The first kappa shape index (κ1) is 14.0. The van der Waals surface area contributed by atoms with Gasteiger partial charge in [-0.3, -0.25) is 0 Å². The Hall–Kier alpha value is -1.99. The minimum Gasteiger partial charge on any atom is -0.399 e. The van der Waals surface area contributed by atoms with Gasteiger partial charge in [0.05, 0.1) is 0 Å². The summed E-state index contributed by atoms with van der Waals surface area (Å²) in [5, 5.41) is -0.530. The van der Waals surface area contributed by atoms with Crippen LogP contribution in [0.1, 0.15) is 11.1 Å². The fourth-order valence-corrected chi connectivity index (χ4v) is 3.83. The second kappa shape index (κ2) is 5.09. The zero-order valence-corrected chi connectivity index (χ0v) is 12.0. The lowest BCUT2D eigenvalue weighted by Gasteiger charge is -2.28. The van der Waals surface area contributed by atoms with Gasteiger partial charge in [-0.2, -0.15) is 4.31 Å². The SMILES string of the molecule is Nc1ccc2c(c1)CN(S(=O)(=O)c1ncccc1F)CC2. The molecule has 0 radical (unpaired) electrons. The second-order valence-electron chi connectivity index (χ2n) is 4.91. The molecule has 2 aromatic rings. The Labute approximate surface area is 122 Å². The van der Waals surface area contributed by atoms with Gasteiger partial charge in [0.15, 0.2) is 5.82 Å². The van der Waals surface area contributed by atoms with E-state index in [1.54, 1.807) is 12.1 Å². The molecule has 3 rings (SSSR count). The molecule has 5 nitrogen and oxygen atoms in total. The molecule has 1 aromatic carbocycles. The number of fused-ring (bicyclic) bond motifs is 1. The van der Waals surface area contributed by atoms with E-state index in [0.717, 1.165) is 17.2 Å². The lowest BCUT2D eigenvalue weighted by molar-refractivity contribution is 0.386. The van der Waals surface area contributed by atoms with E-state index in [4.69, 9.17) is 5.73 Å². The number of nitrogen functional groups attached to an aromatic ring is 1. The molecule has 1 aromatic heterocycles. The lowest BCUT2D eigenvalue weighted by Crippen LogP contribution is -2.36. The summed E-state index contributed by atoms with van der Waals surface area (Å²) in [6, 6.07) is 7.90. The van der Waals surface area contributed by atoms with Gasteiger partial charge in [0.1, 0.15) is 0 Å². The summed E-state index contributed by atoms with van der Waals surface area (Å²) >= 11 is 0. The van der Waals surface area contributed by atoms with Gasteiger partial charge in [0, 0.05) is 25.0 Å². The molecule has 110 valence electrons.